The molecule has 0 aliphatic rings. The molecule has 3 heteroatoms. The maximum atomic E-state index is 9.41. The highest BCUT2D eigenvalue weighted by molar-refractivity contribution is 5.75. The molecule has 0 radical (unpaired) electrons. The molecule has 0 unspecified atom stereocenters. The molecule has 0 spiro atoms. The van der Waals surface area contributed by atoms with Crippen molar-refractivity contribution in [1.82, 2.24) is 0 Å². The predicted octanol–water partition coefficient (Wildman–Crippen LogP) is 4.97. The van der Waals surface area contributed by atoms with Crippen LogP contribution >= 0.6 is 0 Å². The first-order valence-corrected chi connectivity index (χ1v) is 7.88. The zero-order valence-corrected chi connectivity index (χ0v) is 13.6. The van der Waals surface area contributed by atoms with E-state index in [-0.39, 0.29) is 0 Å². The molecule has 0 aliphatic heterocycles. The number of nitriles is 2. The van der Waals surface area contributed by atoms with E-state index in [1.807, 2.05) is 43.3 Å². The fraction of sp³-hybridized carbons (Fsp3) is 0.300. The van der Waals surface area contributed by atoms with Gasteiger partial charge in [0.15, 0.2) is 0 Å². The zero-order valence-electron chi connectivity index (χ0n) is 13.6. The van der Waals surface area contributed by atoms with Crippen LogP contribution in [0.15, 0.2) is 36.4 Å². The number of ether oxygens (including phenoxy) is 1. The Balaban J connectivity index is 2.24. The van der Waals surface area contributed by atoms with Crippen LogP contribution in [0.4, 0.5) is 0 Å². The largest absolute Gasteiger partial charge is 0.494 e. The van der Waals surface area contributed by atoms with Gasteiger partial charge in [-0.25, -0.2) is 0 Å². The summed E-state index contributed by atoms with van der Waals surface area (Å²) in [6, 6.07) is 15.8. The van der Waals surface area contributed by atoms with Crippen LogP contribution in [-0.2, 0) is 0 Å². The van der Waals surface area contributed by atoms with E-state index < -0.39 is 0 Å². The van der Waals surface area contributed by atoms with Crippen molar-refractivity contribution in [1.29, 1.82) is 10.5 Å². The van der Waals surface area contributed by atoms with E-state index in [9.17, 15) is 10.5 Å². The van der Waals surface area contributed by atoms with E-state index in [0.717, 1.165) is 35.5 Å². The summed E-state index contributed by atoms with van der Waals surface area (Å²) in [5, 5.41) is 18.7. The van der Waals surface area contributed by atoms with Crippen LogP contribution in [0.5, 0.6) is 5.75 Å². The van der Waals surface area contributed by atoms with Crippen molar-refractivity contribution < 1.29 is 4.74 Å². The Morgan fingerprint density at radius 1 is 0.913 bits per heavy atom. The van der Waals surface area contributed by atoms with E-state index in [1.165, 1.54) is 12.8 Å². The Labute approximate surface area is 137 Å². The lowest BCUT2D eigenvalue weighted by atomic mass is 9.93. The first-order chi connectivity index (χ1) is 11.2. The zero-order chi connectivity index (χ0) is 16.7. The van der Waals surface area contributed by atoms with Crippen molar-refractivity contribution in [3.8, 4) is 29.0 Å². The van der Waals surface area contributed by atoms with E-state index in [1.54, 1.807) is 0 Å². The number of hydrogen-bond donors (Lipinski definition) is 0. The molecule has 3 nitrogen and oxygen atoms in total. The van der Waals surface area contributed by atoms with Crippen LogP contribution < -0.4 is 4.74 Å². The number of nitrogens with zero attached hydrogens (tertiary/aromatic N) is 2. The van der Waals surface area contributed by atoms with E-state index >= 15 is 0 Å². The molecule has 0 N–H and O–H groups in total. The molecule has 0 saturated carbocycles. The van der Waals surface area contributed by atoms with Crippen LogP contribution in [0, 0.1) is 29.6 Å². The third kappa shape index (κ3) is 3.90. The molecular weight excluding hydrogens is 284 g/mol. The van der Waals surface area contributed by atoms with Crippen molar-refractivity contribution >= 4 is 0 Å². The molecule has 0 aromatic heterocycles. The number of rotatable bonds is 6. The van der Waals surface area contributed by atoms with Gasteiger partial charge >= 0.3 is 0 Å². The molecule has 0 heterocycles. The number of hydrogen-bond acceptors (Lipinski definition) is 3. The molecule has 23 heavy (non-hydrogen) atoms. The Hall–Kier alpha value is -2.78. The molecule has 2 aromatic carbocycles. The molecule has 2 aromatic rings. The summed E-state index contributed by atoms with van der Waals surface area (Å²) in [5.74, 6) is 0.830. The summed E-state index contributed by atoms with van der Waals surface area (Å²) in [7, 11) is 0. The van der Waals surface area contributed by atoms with Crippen LogP contribution in [0.2, 0.25) is 0 Å². The van der Waals surface area contributed by atoms with Gasteiger partial charge in [-0.2, -0.15) is 10.5 Å². The van der Waals surface area contributed by atoms with Gasteiger partial charge in [-0.1, -0.05) is 44.0 Å². The predicted molar refractivity (Wildman–Crippen MR) is 91.1 cm³/mol. The topological polar surface area (TPSA) is 56.8 Å². The second-order valence-corrected chi connectivity index (χ2v) is 5.48. The van der Waals surface area contributed by atoms with Gasteiger partial charge < -0.3 is 4.74 Å². The fourth-order valence-corrected chi connectivity index (χ4v) is 2.48. The van der Waals surface area contributed by atoms with Crippen molar-refractivity contribution in [2.75, 3.05) is 6.61 Å². The molecule has 0 aliphatic carbocycles. The molecule has 0 atom stereocenters. The Bertz CT molecular complexity index is 749. The normalized spacial score (nSPS) is 9.91. The van der Waals surface area contributed by atoms with Crippen molar-refractivity contribution in [3.63, 3.8) is 0 Å². The number of unbranched alkanes of at least 4 members (excludes halogenated alkanes) is 2. The SMILES string of the molecule is CCCCCOc1ccc(-c2ccc(C)c(C#N)c2C#N)cc1. The van der Waals surface area contributed by atoms with Gasteiger partial charge in [-0.05, 0) is 36.6 Å². The van der Waals surface area contributed by atoms with Crippen LogP contribution in [0.1, 0.15) is 42.9 Å². The average Bonchev–Trinajstić information content (AvgIpc) is 2.59. The monoisotopic (exact) mass is 304 g/mol. The van der Waals surface area contributed by atoms with Gasteiger partial charge in [0.1, 0.15) is 17.9 Å². The first-order valence-electron chi connectivity index (χ1n) is 7.88. The smallest absolute Gasteiger partial charge is 0.119 e. The summed E-state index contributed by atoms with van der Waals surface area (Å²) in [4.78, 5) is 0. The highest BCUT2D eigenvalue weighted by Gasteiger charge is 2.12. The van der Waals surface area contributed by atoms with E-state index in [4.69, 9.17) is 4.74 Å². The van der Waals surface area contributed by atoms with Crippen molar-refractivity contribution in [3.05, 3.63) is 53.1 Å². The number of aryl methyl sites for hydroxylation is 1. The van der Waals surface area contributed by atoms with Crippen molar-refractivity contribution in [2.45, 2.75) is 33.1 Å². The van der Waals surface area contributed by atoms with Gasteiger partial charge in [-0.3, -0.25) is 0 Å². The Morgan fingerprint density at radius 3 is 2.22 bits per heavy atom. The quantitative estimate of drug-likeness (QED) is 0.708. The van der Waals surface area contributed by atoms with Gasteiger partial charge in [0.05, 0.1) is 17.7 Å². The Kier molecular flexibility index (Phi) is 5.78. The lowest BCUT2D eigenvalue weighted by Crippen LogP contribution is -1.97. The van der Waals surface area contributed by atoms with Crippen molar-refractivity contribution in [2.24, 2.45) is 0 Å². The summed E-state index contributed by atoms with van der Waals surface area (Å²) in [6.07, 6.45) is 3.40. The molecule has 0 amide bonds. The molecular formula is C20H20N2O. The number of benzene rings is 2. The van der Waals surface area contributed by atoms with Gasteiger partial charge in [-0.15, -0.1) is 0 Å². The standard InChI is InChI=1S/C20H20N2O/c1-3-4-5-12-23-17-9-7-16(8-10-17)18-11-6-15(2)19(13-21)20(18)14-22/h6-11H,3-5,12H2,1-2H3. The second-order valence-electron chi connectivity index (χ2n) is 5.48. The summed E-state index contributed by atoms with van der Waals surface area (Å²) >= 11 is 0. The minimum absolute atomic E-state index is 0.434. The minimum atomic E-state index is 0.434. The van der Waals surface area contributed by atoms with Crippen LogP contribution in [-0.4, -0.2) is 6.61 Å². The average molecular weight is 304 g/mol. The highest BCUT2D eigenvalue weighted by atomic mass is 16.5. The Morgan fingerprint density at radius 2 is 1.61 bits per heavy atom. The molecule has 0 saturated heterocycles. The third-order valence-corrected chi connectivity index (χ3v) is 3.82. The molecule has 2 rings (SSSR count). The maximum absolute atomic E-state index is 9.41. The molecule has 116 valence electrons. The summed E-state index contributed by atoms with van der Waals surface area (Å²) < 4.78 is 5.70. The second kappa shape index (κ2) is 8.01. The first kappa shape index (κ1) is 16.6. The highest BCUT2D eigenvalue weighted by Crippen LogP contribution is 2.29. The maximum Gasteiger partial charge on any atom is 0.119 e. The fourth-order valence-electron chi connectivity index (χ4n) is 2.48. The van der Waals surface area contributed by atoms with Gasteiger partial charge in [0, 0.05) is 5.56 Å². The summed E-state index contributed by atoms with van der Waals surface area (Å²) in [5.41, 5.74) is 3.41. The van der Waals surface area contributed by atoms with Gasteiger partial charge in [0.2, 0.25) is 0 Å². The van der Waals surface area contributed by atoms with Gasteiger partial charge in [0.25, 0.3) is 0 Å². The van der Waals surface area contributed by atoms with E-state index in [2.05, 4.69) is 19.1 Å². The van der Waals surface area contributed by atoms with Crippen LogP contribution in [0.3, 0.4) is 0 Å². The van der Waals surface area contributed by atoms with E-state index in [0.29, 0.717) is 11.1 Å². The molecule has 0 bridgehead atoms. The molecule has 0 fully saturated rings. The third-order valence-electron chi connectivity index (χ3n) is 3.82. The van der Waals surface area contributed by atoms with Crippen LogP contribution in [0.25, 0.3) is 11.1 Å². The summed E-state index contributed by atoms with van der Waals surface area (Å²) in [6.45, 7) is 4.73. The lowest BCUT2D eigenvalue weighted by molar-refractivity contribution is 0.306. The minimum Gasteiger partial charge on any atom is -0.494 e. The lowest BCUT2D eigenvalue weighted by Gasteiger charge is -2.10.